The van der Waals surface area contributed by atoms with Gasteiger partial charge >= 0.3 is 0 Å². The summed E-state index contributed by atoms with van der Waals surface area (Å²) < 4.78 is 0. The summed E-state index contributed by atoms with van der Waals surface area (Å²) in [4.78, 5) is 11.1. The van der Waals surface area contributed by atoms with Gasteiger partial charge in [-0.05, 0) is 18.8 Å². The summed E-state index contributed by atoms with van der Waals surface area (Å²) in [5.41, 5.74) is 0. The maximum atomic E-state index is 11.1. The molecule has 2 unspecified atom stereocenters. The lowest BCUT2D eigenvalue weighted by Gasteiger charge is -2.01. The molecule has 1 fully saturated rings. The van der Waals surface area contributed by atoms with Gasteiger partial charge in [0.1, 0.15) is 5.78 Å². The summed E-state index contributed by atoms with van der Waals surface area (Å²) >= 11 is 0. The third-order valence-corrected chi connectivity index (χ3v) is 2.33. The first-order chi connectivity index (χ1) is 4.77. The maximum Gasteiger partial charge on any atom is 0.136 e. The van der Waals surface area contributed by atoms with Gasteiger partial charge in [-0.3, -0.25) is 4.79 Å². The van der Waals surface area contributed by atoms with Crippen LogP contribution in [-0.4, -0.2) is 5.78 Å². The molecule has 0 aromatic rings. The molecule has 0 amide bonds. The second-order valence-corrected chi connectivity index (χ2v) is 3.01. The van der Waals surface area contributed by atoms with Gasteiger partial charge in [0, 0.05) is 12.3 Å². The van der Waals surface area contributed by atoms with Gasteiger partial charge < -0.3 is 0 Å². The predicted octanol–water partition coefficient (Wildman–Crippen LogP) is 2.18. The summed E-state index contributed by atoms with van der Waals surface area (Å²) in [7, 11) is 0. The van der Waals surface area contributed by atoms with Crippen LogP contribution in [0.15, 0.2) is 12.7 Å². The van der Waals surface area contributed by atoms with Crippen LogP contribution in [0.3, 0.4) is 0 Å². The quantitative estimate of drug-likeness (QED) is 0.534. The number of carbonyl (C=O) groups is 1. The standard InChI is InChI=1S/C9H14O/c1-3-7-5-8(4-2)9(10)6-7/h3,7-8H,1,4-6H2,2H3. The Morgan fingerprint density at radius 2 is 2.50 bits per heavy atom. The second kappa shape index (κ2) is 3.00. The van der Waals surface area contributed by atoms with Gasteiger partial charge in [-0.1, -0.05) is 13.0 Å². The molecule has 0 aliphatic heterocycles. The molecule has 1 heteroatoms. The van der Waals surface area contributed by atoms with Gasteiger partial charge in [0.15, 0.2) is 0 Å². The normalized spacial score (nSPS) is 32.7. The van der Waals surface area contributed by atoms with E-state index in [0.717, 1.165) is 19.3 Å². The molecule has 10 heavy (non-hydrogen) atoms. The van der Waals surface area contributed by atoms with Gasteiger partial charge in [-0.2, -0.15) is 0 Å². The van der Waals surface area contributed by atoms with Crippen molar-refractivity contribution in [1.82, 2.24) is 0 Å². The Hall–Kier alpha value is -0.590. The molecule has 0 saturated heterocycles. The van der Waals surface area contributed by atoms with Crippen LogP contribution < -0.4 is 0 Å². The molecule has 1 aliphatic carbocycles. The number of hydrogen-bond donors (Lipinski definition) is 0. The maximum absolute atomic E-state index is 11.1. The largest absolute Gasteiger partial charge is 0.299 e. The van der Waals surface area contributed by atoms with Crippen LogP contribution in [0.5, 0.6) is 0 Å². The Balaban J connectivity index is 2.51. The fourth-order valence-corrected chi connectivity index (χ4v) is 1.58. The molecule has 0 aromatic carbocycles. The van der Waals surface area contributed by atoms with E-state index in [-0.39, 0.29) is 0 Å². The molecular weight excluding hydrogens is 124 g/mol. The van der Waals surface area contributed by atoms with Crippen LogP contribution in [0.4, 0.5) is 0 Å². The Kier molecular flexibility index (Phi) is 2.25. The summed E-state index contributed by atoms with van der Waals surface area (Å²) in [5, 5.41) is 0. The fourth-order valence-electron chi connectivity index (χ4n) is 1.58. The number of carbonyl (C=O) groups excluding carboxylic acids is 1. The zero-order chi connectivity index (χ0) is 7.56. The van der Waals surface area contributed by atoms with Crippen LogP contribution >= 0.6 is 0 Å². The number of hydrogen-bond acceptors (Lipinski definition) is 1. The minimum Gasteiger partial charge on any atom is -0.299 e. The molecule has 0 radical (unpaired) electrons. The van der Waals surface area contributed by atoms with Gasteiger partial charge in [0.25, 0.3) is 0 Å². The summed E-state index contributed by atoms with van der Waals surface area (Å²) in [5.74, 6) is 1.24. The highest BCUT2D eigenvalue weighted by Gasteiger charge is 2.28. The van der Waals surface area contributed by atoms with E-state index in [4.69, 9.17) is 0 Å². The first-order valence-corrected chi connectivity index (χ1v) is 3.93. The third kappa shape index (κ3) is 1.28. The smallest absolute Gasteiger partial charge is 0.136 e. The molecule has 1 nitrogen and oxygen atoms in total. The van der Waals surface area contributed by atoms with Crippen LogP contribution in [0.25, 0.3) is 0 Å². The van der Waals surface area contributed by atoms with Crippen LogP contribution in [0.1, 0.15) is 26.2 Å². The highest BCUT2D eigenvalue weighted by molar-refractivity contribution is 5.83. The number of Topliss-reactive ketones (excluding diaryl/α,β-unsaturated/α-hetero) is 1. The van der Waals surface area contributed by atoms with E-state index in [0.29, 0.717) is 17.6 Å². The molecule has 0 heterocycles. The van der Waals surface area contributed by atoms with Gasteiger partial charge in [0.05, 0.1) is 0 Å². The molecule has 1 rings (SSSR count). The Morgan fingerprint density at radius 3 is 2.80 bits per heavy atom. The van der Waals surface area contributed by atoms with Crippen molar-refractivity contribution in [3.63, 3.8) is 0 Å². The highest BCUT2D eigenvalue weighted by Crippen LogP contribution is 2.30. The van der Waals surface area contributed by atoms with Gasteiger partial charge in [-0.15, -0.1) is 6.58 Å². The van der Waals surface area contributed by atoms with Gasteiger partial charge in [-0.25, -0.2) is 0 Å². The zero-order valence-electron chi connectivity index (χ0n) is 6.47. The minimum absolute atomic E-state index is 0.336. The van der Waals surface area contributed by atoms with Crippen molar-refractivity contribution in [3.8, 4) is 0 Å². The molecule has 56 valence electrons. The van der Waals surface area contributed by atoms with Crippen molar-refractivity contribution in [3.05, 3.63) is 12.7 Å². The average Bonchev–Trinajstić information content (AvgIpc) is 2.30. The molecule has 1 aliphatic rings. The monoisotopic (exact) mass is 138 g/mol. The Bertz CT molecular complexity index is 149. The van der Waals surface area contributed by atoms with E-state index in [1.54, 1.807) is 0 Å². The molecule has 0 spiro atoms. The average molecular weight is 138 g/mol. The Labute approximate surface area is 62.1 Å². The first kappa shape index (κ1) is 7.52. The van der Waals surface area contributed by atoms with Crippen molar-refractivity contribution in [1.29, 1.82) is 0 Å². The van der Waals surface area contributed by atoms with Crippen LogP contribution in [0.2, 0.25) is 0 Å². The van der Waals surface area contributed by atoms with E-state index in [1.165, 1.54) is 0 Å². The van der Waals surface area contributed by atoms with Crippen molar-refractivity contribution in [2.24, 2.45) is 11.8 Å². The predicted molar refractivity (Wildman–Crippen MR) is 41.7 cm³/mol. The topological polar surface area (TPSA) is 17.1 Å². The number of allylic oxidation sites excluding steroid dienone is 1. The number of rotatable bonds is 2. The highest BCUT2D eigenvalue weighted by atomic mass is 16.1. The van der Waals surface area contributed by atoms with Gasteiger partial charge in [0.2, 0.25) is 0 Å². The molecule has 0 aromatic heterocycles. The fraction of sp³-hybridized carbons (Fsp3) is 0.667. The van der Waals surface area contributed by atoms with Crippen LogP contribution in [0, 0.1) is 11.8 Å². The minimum atomic E-state index is 0.336. The summed E-state index contributed by atoms with van der Waals surface area (Å²) in [6.45, 7) is 5.77. The lowest BCUT2D eigenvalue weighted by Crippen LogP contribution is -2.03. The van der Waals surface area contributed by atoms with Crippen molar-refractivity contribution >= 4 is 5.78 Å². The molecule has 2 atom stereocenters. The molecule has 0 N–H and O–H groups in total. The van der Waals surface area contributed by atoms with Crippen molar-refractivity contribution < 1.29 is 4.79 Å². The van der Waals surface area contributed by atoms with E-state index in [1.807, 2.05) is 6.08 Å². The SMILES string of the molecule is C=CC1CC(=O)C(CC)C1. The first-order valence-electron chi connectivity index (χ1n) is 3.93. The van der Waals surface area contributed by atoms with E-state index in [2.05, 4.69) is 13.5 Å². The molecule has 0 bridgehead atoms. The third-order valence-electron chi connectivity index (χ3n) is 2.33. The lowest BCUT2D eigenvalue weighted by molar-refractivity contribution is -0.120. The Morgan fingerprint density at radius 1 is 1.80 bits per heavy atom. The zero-order valence-corrected chi connectivity index (χ0v) is 6.47. The van der Waals surface area contributed by atoms with Crippen LogP contribution in [-0.2, 0) is 4.79 Å². The van der Waals surface area contributed by atoms with E-state index >= 15 is 0 Å². The van der Waals surface area contributed by atoms with Crippen molar-refractivity contribution in [2.45, 2.75) is 26.2 Å². The van der Waals surface area contributed by atoms with E-state index in [9.17, 15) is 4.79 Å². The van der Waals surface area contributed by atoms with Crippen molar-refractivity contribution in [2.75, 3.05) is 0 Å². The summed E-state index contributed by atoms with van der Waals surface area (Å²) in [6, 6.07) is 0. The second-order valence-electron chi connectivity index (χ2n) is 3.01. The number of ketones is 1. The summed E-state index contributed by atoms with van der Waals surface area (Å²) in [6.07, 6.45) is 4.69. The molecule has 1 saturated carbocycles. The molecular formula is C9H14O. The van der Waals surface area contributed by atoms with E-state index < -0.39 is 0 Å². The lowest BCUT2D eigenvalue weighted by atomic mass is 10.0.